The molecule has 0 aliphatic rings. The zero-order valence-electron chi connectivity index (χ0n) is 19.9. The number of nitrogens with one attached hydrogen (secondary N) is 1. The molecule has 3 rings (SSSR count). The van der Waals surface area contributed by atoms with E-state index in [1.807, 2.05) is 6.92 Å². The molecule has 0 aliphatic heterocycles. The normalized spacial score (nSPS) is 10.5. The Morgan fingerprint density at radius 2 is 1.43 bits per heavy atom. The van der Waals surface area contributed by atoms with Crippen molar-refractivity contribution < 1.29 is 33.3 Å². The Morgan fingerprint density at radius 1 is 0.829 bits per heavy atom. The lowest BCUT2D eigenvalue weighted by Crippen LogP contribution is -2.18. The van der Waals surface area contributed by atoms with Gasteiger partial charge >= 0.3 is 5.97 Å². The summed E-state index contributed by atoms with van der Waals surface area (Å²) in [6, 6.07) is 16.4. The van der Waals surface area contributed by atoms with E-state index in [9.17, 15) is 9.59 Å². The Morgan fingerprint density at radius 3 is 1.97 bits per heavy atom. The zero-order valence-corrected chi connectivity index (χ0v) is 19.9. The molecule has 0 aromatic heterocycles. The molecule has 182 valence electrons. The fraction of sp³-hybridized carbons (Fsp3) is 0.192. The minimum Gasteiger partial charge on any atom is -0.494 e. The van der Waals surface area contributed by atoms with E-state index in [1.54, 1.807) is 48.5 Å². The lowest BCUT2D eigenvalue weighted by molar-refractivity contribution is 0.0734. The number of nitrogens with zero attached hydrogens (tertiary/aromatic N) is 1. The van der Waals surface area contributed by atoms with Gasteiger partial charge in [0.1, 0.15) is 11.5 Å². The summed E-state index contributed by atoms with van der Waals surface area (Å²) >= 11 is 0. The molecule has 0 bridgehead atoms. The van der Waals surface area contributed by atoms with E-state index in [2.05, 4.69) is 10.5 Å². The van der Waals surface area contributed by atoms with E-state index < -0.39 is 11.9 Å². The Balaban J connectivity index is 1.59. The maximum atomic E-state index is 12.5. The van der Waals surface area contributed by atoms with Gasteiger partial charge < -0.3 is 23.7 Å². The number of rotatable bonds is 10. The predicted molar refractivity (Wildman–Crippen MR) is 130 cm³/mol. The van der Waals surface area contributed by atoms with E-state index in [4.69, 9.17) is 23.7 Å². The Kier molecular flexibility index (Phi) is 8.66. The zero-order chi connectivity index (χ0) is 25.2. The molecule has 0 saturated heterocycles. The molecular weight excluding hydrogens is 452 g/mol. The summed E-state index contributed by atoms with van der Waals surface area (Å²) < 4.78 is 26.5. The molecule has 9 nitrogen and oxygen atoms in total. The van der Waals surface area contributed by atoms with Crippen LogP contribution in [0.1, 0.15) is 33.2 Å². The van der Waals surface area contributed by atoms with Gasteiger partial charge in [-0.05, 0) is 73.2 Å². The molecule has 3 aromatic carbocycles. The average molecular weight is 479 g/mol. The monoisotopic (exact) mass is 478 g/mol. The van der Waals surface area contributed by atoms with Crippen molar-refractivity contribution in [3.8, 4) is 28.7 Å². The summed E-state index contributed by atoms with van der Waals surface area (Å²) in [5, 5.41) is 3.98. The maximum Gasteiger partial charge on any atom is 0.343 e. The van der Waals surface area contributed by atoms with Crippen LogP contribution in [0.25, 0.3) is 0 Å². The number of esters is 1. The van der Waals surface area contributed by atoms with E-state index in [-0.39, 0.29) is 5.56 Å². The van der Waals surface area contributed by atoms with Crippen LogP contribution in [0, 0.1) is 0 Å². The maximum absolute atomic E-state index is 12.5. The Bertz CT molecular complexity index is 1160. The molecule has 0 atom stereocenters. The molecule has 9 heteroatoms. The van der Waals surface area contributed by atoms with E-state index in [0.29, 0.717) is 46.5 Å². The lowest BCUT2D eigenvalue weighted by Gasteiger charge is -2.13. The molecule has 0 aliphatic carbocycles. The molecule has 0 spiro atoms. The second kappa shape index (κ2) is 12.1. The summed E-state index contributed by atoms with van der Waals surface area (Å²) in [4.78, 5) is 24.8. The van der Waals surface area contributed by atoms with Gasteiger partial charge in [-0.15, -0.1) is 0 Å². The van der Waals surface area contributed by atoms with Crippen LogP contribution >= 0.6 is 0 Å². The number of hydrogen-bond donors (Lipinski definition) is 1. The minimum absolute atomic E-state index is 0.285. The van der Waals surface area contributed by atoms with Gasteiger partial charge in [-0.25, -0.2) is 10.2 Å². The van der Waals surface area contributed by atoms with Crippen molar-refractivity contribution in [3.63, 3.8) is 0 Å². The number of ether oxygens (including phenoxy) is 5. The first-order chi connectivity index (χ1) is 17.0. The fourth-order valence-corrected chi connectivity index (χ4v) is 3.08. The van der Waals surface area contributed by atoms with Crippen LogP contribution in [0.5, 0.6) is 28.7 Å². The van der Waals surface area contributed by atoms with Crippen LogP contribution in [0.3, 0.4) is 0 Å². The van der Waals surface area contributed by atoms with Crippen molar-refractivity contribution >= 4 is 18.1 Å². The summed E-state index contributed by atoms with van der Waals surface area (Å²) in [6.07, 6.45) is 1.47. The van der Waals surface area contributed by atoms with Crippen molar-refractivity contribution in [3.05, 3.63) is 77.4 Å². The SMILES string of the molecule is CCOc1ccc(C(=O)Oc2ccc(/C=N/NC(=O)c3cc(OC)c(OC)c(OC)c3)cc2)cc1. The number of amides is 1. The lowest BCUT2D eigenvalue weighted by atomic mass is 10.1. The predicted octanol–water partition coefficient (Wildman–Crippen LogP) is 4.09. The van der Waals surface area contributed by atoms with Crippen LogP contribution in [0.2, 0.25) is 0 Å². The van der Waals surface area contributed by atoms with Crippen LogP contribution in [0.4, 0.5) is 0 Å². The molecule has 0 radical (unpaired) electrons. The second-order valence-corrected chi connectivity index (χ2v) is 7.03. The third kappa shape index (κ3) is 6.50. The first-order valence-corrected chi connectivity index (χ1v) is 10.7. The van der Waals surface area contributed by atoms with Crippen LogP contribution in [0.15, 0.2) is 65.8 Å². The first kappa shape index (κ1) is 25.1. The van der Waals surface area contributed by atoms with Gasteiger partial charge in [0.2, 0.25) is 5.75 Å². The van der Waals surface area contributed by atoms with Crippen molar-refractivity contribution in [2.75, 3.05) is 27.9 Å². The summed E-state index contributed by atoms with van der Waals surface area (Å²) in [7, 11) is 4.42. The molecule has 0 saturated carbocycles. The molecule has 35 heavy (non-hydrogen) atoms. The third-order valence-electron chi connectivity index (χ3n) is 4.80. The number of benzene rings is 3. The topological polar surface area (TPSA) is 105 Å². The van der Waals surface area contributed by atoms with Gasteiger partial charge in [0.05, 0.1) is 39.7 Å². The highest BCUT2D eigenvalue weighted by molar-refractivity contribution is 5.96. The Hall–Kier alpha value is -4.53. The highest BCUT2D eigenvalue weighted by Gasteiger charge is 2.16. The van der Waals surface area contributed by atoms with E-state index >= 15 is 0 Å². The minimum atomic E-state index is -0.480. The van der Waals surface area contributed by atoms with E-state index in [1.165, 1.54) is 39.7 Å². The second-order valence-electron chi connectivity index (χ2n) is 7.03. The number of hydrazone groups is 1. The summed E-state index contributed by atoms with van der Waals surface area (Å²) in [5.41, 5.74) is 3.84. The van der Waals surface area contributed by atoms with Crippen LogP contribution in [-0.2, 0) is 0 Å². The number of carbonyl (C=O) groups is 2. The van der Waals surface area contributed by atoms with E-state index in [0.717, 1.165) is 0 Å². The van der Waals surface area contributed by atoms with Crippen LogP contribution in [-0.4, -0.2) is 46.0 Å². The third-order valence-corrected chi connectivity index (χ3v) is 4.80. The van der Waals surface area contributed by atoms with Crippen molar-refractivity contribution in [1.82, 2.24) is 5.43 Å². The standard InChI is InChI=1S/C26H26N2O7/c1-5-34-20-12-8-18(9-13-20)26(30)35-21-10-6-17(7-11-21)16-27-28-25(29)19-14-22(31-2)24(33-4)23(15-19)32-3/h6-16H,5H2,1-4H3,(H,28,29)/b27-16+. The van der Waals surface area contributed by atoms with Crippen molar-refractivity contribution in [2.24, 2.45) is 5.10 Å². The number of methoxy groups -OCH3 is 3. The summed E-state index contributed by atoms with van der Waals surface area (Å²) in [6.45, 7) is 2.44. The van der Waals surface area contributed by atoms with Gasteiger partial charge in [0, 0.05) is 5.56 Å². The molecular formula is C26H26N2O7. The van der Waals surface area contributed by atoms with Gasteiger partial charge in [-0.3, -0.25) is 4.79 Å². The molecule has 0 unspecified atom stereocenters. The highest BCUT2D eigenvalue weighted by Crippen LogP contribution is 2.38. The largest absolute Gasteiger partial charge is 0.494 e. The highest BCUT2D eigenvalue weighted by atomic mass is 16.5. The molecule has 1 amide bonds. The van der Waals surface area contributed by atoms with Gasteiger partial charge in [-0.1, -0.05) is 0 Å². The number of hydrogen-bond acceptors (Lipinski definition) is 8. The smallest absolute Gasteiger partial charge is 0.343 e. The molecule has 0 heterocycles. The molecule has 1 N–H and O–H groups in total. The number of carbonyl (C=O) groups excluding carboxylic acids is 2. The van der Waals surface area contributed by atoms with Crippen molar-refractivity contribution in [1.29, 1.82) is 0 Å². The van der Waals surface area contributed by atoms with Gasteiger partial charge in [0.25, 0.3) is 5.91 Å². The van der Waals surface area contributed by atoms with Gasteiger partial charge in [-0.2, -0.15) is 5.10 Å². The van der Waals surface area contributed by atoms with Gasteiger partial charge in [0.15, 0.2) is 11.5 Å². The fourth-order valence-electron chi connectivity index (χ4n) is 3.08. The average Bonchev–Trinajstić information content (AvgIpc) is 2.89. The quantitative estimate of drug-likeness (QED) is 0.202. The summed E-state index contributed by atoms with van der Waals surface area (Å²) in [5.74, 6) is 1.23. The molecule has 0 fully saturated rings. The Labute approximate surface area is 203 Å². The van der Waals surface area contributed by atoms with Crippen LogP contribution < -0.4 is 29.1 Å². The first-order valence-electron chi connectivity index (χ1n) is 10.7. The van der Waals surface area contributed by atoms with Crippen molar-refractivity contribution in [2.45, 2.75) is 6.92 Å². The molecule has 3 aromatic rings.